The second-order valence-corrected chi connectivity index (χ2v) is 6.11. The molecule has 1 aromatic heterocycles. The molecule has 20 heavy (non-hydrogen) atoms. The van der Waals surface area contributed by atoms with Crippen LogP contribution in [0.3, 0.4) is 0 Å². The first-order valence-electron chi connectivity index (χ1n) is 7.52. The Morgan fingerprint density at radius 2 is 1.90 bits per heavy atom. The van der Waals surface area contributed by atoms with Crippen LogP contribution in [0.15, 0.2) is 6.20 Å². The predicted octanol–water partition coefficient (Wildman–Crippen LogP) is 2.08. The Balaban J connectivity index is 2.40. The zero-order chi connectivity index (χ0) is 14.8. The minimum atomic E-state index is -0.0851. The topological polar surface area (TPSA) is 56.3 Å². The quantitative estimate of drug-likeness (QED) is 0.858. The number of methoxy groups -OCH3 is 1. The molecule has 1 saturated carbocycles. The highest BCUT2D eigenvalue weighted by molar-refractivity contribution is 5.31. The molecule has 2 N–H and O–H groups in total. The number of ether oxygens (including phenoxy) is 1. The highest BCUT2D eigenvalue weighted by Gasteiger charge is 2.42. The molecule has 114 valence electrons. The Hall–Kier alpha value is -1.07. The van der Waals surface area contributed by atoms with Gasteiger partial charge in [0.2, 0.25) is 0 Å². The van der Waals surface area contributed by atoms with Gasteiger partial charge in [-0.3, -0.25) is 4.68 Å². The number of nitrogens with zero attached hydrogens (tertiary/aromatic N) is 3. The van der Waals surface area contributed by atoms with Crippen molar-refractivity contribution in [1.82, 2.24) is 14.7 Å². The smallest absolute Gasteiger partial charge is 0.161 e. The van der Waals surface area contributed by atoms with Crippen molar-refractivity contribution >= 4 is 0 Å². The van der Waals surface area contributed by atoms with Gasteiger partial charge in [0.15, 0.2) is 5.75 Å². The largest absolute Gasteiger partial charge is 0.493 e. The minimum absolute atomic E-state index is 0.00241. The van der Waals surface area contributed by atoms with Gasteiger partial charge in [0, 0.05) is 12.6 Å². The lowest BCUT2D eigenvalue weighted by Crippen LogP contribution is -2.52. The second-order valence-electron chi connectivity index (χ2n) is 6.11. The van der Waals surface area contributed by atoms with E-state index in [2.05, 4.69) is 24.1 Å². The number of aromatic nitrogens is 2. The summed E-state index contributed by atoms with van der Waals surface area (Å²) < 4.78 is 7.31. The summed E-state index contributed by atoms with van der Waals surface area (Å²) in [7, 11) is 7.92. The molecule has 0 radical (unpaired) electrons. The Morgan fingerprint density at radius 1 is 1.30 bits per heavy atom. The standard InChI is InChI=1S/C15H28N4O/c1-18(2)15(9-7-5-6-8-10-15)14(16)13-12(20-4)11-17-19(13)3/h11,14H,5-10,16H2,1-4H3. The summed E-state index contributed by atoms with van der Waals surface area (Å²) in [6.45, 7) is 0. The van der Waals surface area contributed by atoms with E-state index in [4.69, 9.17) is 10.5 Å². The average Bonchev–Trinajstić information content (AvgIpc) is 2.65. The molecule has 0 aromatic carbocycles. The van der Waals surface area contributed by atoms with Crippen molar-refractivity contribution in [2.24, 2.45) is 12.8 Å². The molecule has 2 rings (SSSR count). The molecule has 1 fully saturated rings. The number of hydrogen-bond donors (Lipinski definition) is 1. The summed E-state index contributed by atoms with van der Waals surface area (Å²) in [6.07, 6.45) is 9.13. The van der Waals surface area contributed by atoms with Gasteiger partial charge < -0.3 is 15.4 Å². The van der Waals surface area contributed by atoms with Crippen LogP contribution in [0.2, 0.25) is 0 Å². The molecule has 0 bridgehead atoms. The van der Waals surface area contributed by atoms with Gasteiger partial charge in [-0.2, -0.15) is 5.10 Å². The third kappa shape index (κ3) is 2.56. The van der Waals surface area contributed by atoms with Gasteiger partial charge in [0.1, 0.15) is 0 Å². The molecule has 1 heterocycles. The van der Waals surface area contributed by atoms with Crippen molar-refractivity contribution in [1.29, 1.82) is 0 Å². The number of nitrogens with two attached hydrogens (primary N) is 1. The van der Waals surface area contributed by atoms with Crippen molar-refractivity contribution in [3.8, 4) is 5.75 Å². The van der Waals surface area contributed by atoms with E-state index in [1.54, 1.807) is 13.3 Å². The van der Waals surface area contributed by atoms with Gasteiger partial charge in [0.05, 0.1) is 25.0 Å². The number of aryl methyl sites for hydroxylation is 1. The molecular formula is C15H28N4O. The van der Waals surface area contributed by atoms with Crippen molar-refractivity contribution < 1.29 is 4.74 Å². The first-order chi connectivity index (χ1) is 9.53. The summed E-state index contributed by atoms with van der Waals surface area (Å²) >= 11 is 0. The van der Waals surface area contributed by atoms with E-state index >= 15 is 0 Å². The van der Waals surface area contributed by atoms with E-state index < -0.39 is 0 Å². The summed E-state index contributed by atoms with van der Waals surface area (Å²) in [6, 6.07) is -0.0851. The van der Waals surface area contributed by atoms with Crippen LogP contribution < -0.4 is 10.5 Å². The normalized spacial score (nSPS) is 20.7. The molecule has 0 aliphatic heterocycles. The van der Waals surface area contributed by atoms with Gasteiger partial charge in [-0.25, -0.2) is 0 Å². The number of hydrogen-bond acceptors (Lipinski definition) is 4. The van der Waals surface area contributed by atoms with Crippen LogP contribution in [-0.2, 0) is 7.05 Å². The van der Waals surface area contributed by atoms with E-state index in [0.29, 0.717) is 0 Å². The molecule has 1 aliphatic carbocycles. The van der Waals surface area contributed by atoms with Gasteiger partial charge in [-0.1, -0.05) is 25.7 Å². The molecule has 0 spiro atoms. The van der Waals surface area contributed by atoms with Gasteiger partial charge >= 0.3 is 0 Å². The maximum atomic E-state index is 6.71. The summed E-state index contributed by atoms with van der Waals surface area (Å²) in [5.41, 5.74) is 7.71. The van der Waals surface area contributed by atoms with Crippen LogP contribution in [-0.4, -0.2) is 41.4 Å². The van der Waals surface area contributed by atoms with Crippen LogP contribution in [0.5, 0.6) is 5.75 Å². The summed E-state index contributed by atoms with van der Waals surface area (Å²) in [4.78, 5) is 2.31. The molecule has 5 heteroatoms. The Kier molecular flexibility index (Phi) is 4.70. The van der Waals surface area contributed by atoms with Crippen molar-refractivity contribution in [3.63, 3.8) is 0 Å². The van der Waals surface area contributed by atoms with E-state index in [0.717, 1.165) is 24.3 Å². The first kappa shape index (κ1) is 15.3. The molecule has 0 saturated heterocycles. The van der Waals surface area contributed by atoms with Crippen molar-refractivity contribution in [2.45, 2.75) is 50.1 Å². The molecule has 1 atom stereocenters. The van der Waals surface area contributed by atoms with Crippen molar-refractivity contribution in [2.75, 3.05) is 21.2 Å². The molecule has 0 amide bonds. The van der Waals surface area contributed by atoms with E-state index in [-0.39, 0.29) is 11.6 Å². The Bertz CT molecular complexity index is 433. The van der Waals surface area contributed by atoms with E-state index in [1.165, 1.54) is 25.7 Å². The highest BCUT2D eigenvalue weighted by atomic mass is 16.5. The van der Waals surface area contributed by atoms with Crippen LogP contribution >= 0.6 is 0 Å². The number of rotatable bonds is 4. The fourth-order valence-electron chi connectivity index (χ4n) is 3.57. The molecule has 1 aliphatic rings. The molecule has 5 nitrogen and oxygen atoms in total. The monoisotopic (exact) mass is 280 g/mol. The first-order valence-corrected chi connectivity index (χ1v) is 7.52. The molecule has 1 aromatic rings. The van der Waals surface area contributed by atoms with Gasteiger partial charge in [0.25, 0.3) is 0 Å². The second kappa shape index (κ2) is 6.14. The van der Waals surface area contributed by atoms with E-state index in [1.807, 2.05) is 11.7 Å². The molecule has 1 unspecified atom stereocenters. The fraction of sp³-hybridized carbons (Fsp3) is 0.800. The lowest BCUT2D eigenvalue weighted by atomic mass is 9.80. The lowest BCUT2D eigenvalue weighted by molar-refractivity contribution is 0.0925. The average molecular weight is 280 g/mol. The van der Waals surface area contributed by atoms with Gasteiger partial charge in [-0.15, -0.1) is 0 Å². The van der Waals surface area contributed by atoms with Crippen LogP contribution in [0.1, 0.15) is 50.3 Å². The zero-order valence-electron chi connectivity index (χ0n) is 13.2. The minimum Gasteiger partial charge on any atom is -0.493 e. The summed E-state index contributed by atoms with van der Waals surface area (Å²) in [5, 5.41) is 4.31. The predicted molar refractivity (Wildman–Crippen MR) is 80.8 cm³/mol. The maximum Gasteiger partial charge on any atom is 0.161 e. The third-order valence-electron chi connectivity index (χ3n) is 4.90. The third-order valence-corrected chi connectivity index (χ3v) is 4.90. The van der Waals surface area contributed by atoms with Crippen LogP contribution in [0, 0.1) is 0 Å². The molecular weight excluding hydrogens is 252 g/mol. The maximum absolute atomic E-state index is 6.71. The lowest BCUT2D eigenvalue weighted by Gasteiger charge is -2.44. The highest BCUT2D eigenvalue weighted by Crippen LogP contribution is 2.41. The summed E-state index contributed by atoms with van der Waals surface area (Å²) in [5.74, 6) is 0.797. The van der Waals surface area contributed by atoms with Crippen LogP contribution in [0.25, 0.3) is 0 Å². The van der Waals surface area contributed by atoms with Crippen molar-refractivity contribution in [3.05, 3.63) is 11.9 Å². The van der Waals surface area contributed by atoms with Crippen LogP contribution in [0.4, 0.5) is 0 Å². The van der Waals surface area contributed by atoms with E-state index in [9.17, 15) is 0 Å². The fourth-order valence-corrected chi connectivity index (χ4v) is 3.57. The number of likely N-dealkylation sites (N-methyl/N-ethyl adjacent to an activating group) is 1. The van der Waals surface area contributed by atoms with Gasteiger partial charge in [-0.05, 0) is 26.9 Å². The zero-order valence-corrected chi connectivity index (χ0v) is 13.2. The Labute approximate surface area is 122 Å². The Morgan fingerprint density at radius 3 is 2.40 bits per heavy atom. The SMILES string of the molecule is COc1cnn(C)c1C(N)C1(N(C)C)CCCCCC1.